The summed E-state index contributed by atoms with van der Waals surface area (Å²) in [7, 11) is 0. The Morgan fingerprint density at radius 2 is 1.95 bits per heavy atom. The molecule has 0 saturated heterocycles. The van der Waals surface area contributed by atoms with E-state index >= 15 is 0 Å². The van der Waals surface area contributed by atoms with Crippen LogP contribution in [0.4, 0.5) is 8.78 Å². The molecule has 0 heterocycles. The van der Waals surface area contributed by atoms with Crippen molar-refractivity contribution in [3.05, 3.63) is 33.8 Å². The molecule has 0 atom stereocenters. The van der Waals surface area contributed by atoms with Crippen LogP contribution < -0.4 is 5.32 Å². The number of nitrogens with one attached hydrogen (secondary N) is 1. The SMILES string of the molecule is CC(C)COCCNC(=O)c1c(F)cc(Br)cc1F. The lowest BCUT2D eigenvalue weighted by Crippen LogP contribution is -2.29. The molecule has 0 fully saturated rings. The average molecular weight is 336 g/mol. The first kappa shape index (κ1) is 16.0. The minimum atomic E-state index is -0.896. The van der Waals surface area contributed by atoms with E-state index in [9.17, 15) is 13.6 Å². The van der Waals surface area contributed by atoms with Crippen molar-refractivity contribution < 1.29 is 18.3 Å². The van der Waals surface area contributed by atoms with Gasteiger partial charge in [-0.2, -0.15) is 0 Å². The van der Waals surface area contributed by atoms with E-state index < -0.39 is 23.1 Å². The topological polar surface area (TPSA) is 38.3 Å². The fourth-order valence-electron chi connectivity index (χ4n) is 1.40. The third kappa shape index (κ3) is 5.24. The van der Waals surface area contributed by atoms with Crippen LogP contribution in [0, 0.1) is 17.6 Å². The average Bonchev–Trinajstić information content (AvgIpc) is 2.26. The molecule has 19 heavy (non-hydrogen) atoms. The second kappa shape index (κ2) is 7.55. The van der Waals surface area contributed by atoms with Crippen LogP contribution in [-0.4, -0.2) is 25.7 Å². The maximum Gasteiger partial charge on any atom is 0.257 e. The van der Waals surface area contributed by atoms with Gasteiger partial charge in [-0.3, -0.25) is 4.79 Å². The zero-order valence-electron chi connectivity index (χ0n) is 10.8. The number of ether oxygens (including phenoxy) is 1. The van der Waals surface area contributed by atoms with E-state index in [4.69, 9.17) is 4.74 Å². The van der Waals surface area contributed by atoms with Gasteiger partial charge in [0.25, 0.3) is 5.91 Å². The van der Waals surface area contributed by atoms with Crippen LogP contribution in [0.2, 0.25) is 0 Å². The summed E-state index contributed by atoms with van der Waals surface area (Å²) in [6.45, 7) is 5.11. The van der Waals surface area contributed by atoms with Crippen molar-refractivity contribution in [2.75, 3.05) is 19.8 Å². The molecule has 0 radical (unpaired) electrons. The van der Waals surface area contributed by atoms with Gasteiger partial charge in [0, 0.05) is 17.6 Å². The van der Waals surface area contributed by atoms with E-state index in [1.54, 1.807) is 0 Å². The summed E-state index contributed by atoms with van der Waals surface area (Å²) in [4.78, 5) is 11.6. The first-order valence-corrected chi connectivity index (χ1v) is 6.71. The summed E-state index contributed by atoms with van der Waals surface area (Å²) in [6, 6.07) is 2.10. The van der Waals surface area contributed by atoms with E-state index in [-0.39, 0.29) is 11.0 Å². The third-order valence-electron chi connectivity index (χ3n) is 2.22. The quantitative estimate of drug-likeness (QED) is 0.811. The molecule has 1 aromatic carbocycles. The van der Waals surface area contributed by atoms with Gasteiger partial charge in [0.05, 0.1) is 6.61 Å². The van der Waals surface area contributed by atoms with Crippen molar-refractivity contribution in [3.63, 3.8) is 0 Å². The Labute approximate surface area is 119 Å². The summed E-state index contributed by atoms with van der Waals surface area (Å²) in [6.07, 6.45) is 0. The van der Waals surface area contributed by atoms with Crippen molar-refractivity contribution in [2.24, 2.45) is 5.92 Å². The third-order valence-corrected chi connectivity index (χ3v) is 2.67. The van der Waals surface area contributed by atoms with Crippen LogP contribution in [0.25, 0.3) is 0 Å². The minimum absolute atomic E-state index is 0.209. The predicted octanol–water partition coefficient (Wildman–Crippen LogP) is 3.13. The van der Waals surface area contributed by atoms with E-state index in [0.717, 1.165) is 12.1 Å². The van der Waals surface area contributed by atoms with Gasteiger partial charge in [-0.25, -0.2) is 8.78 Å². The number of carbonyl (C=O) groups is 1. The van der Waals surface area contributed by atoms with Crippen LogP contribution >= 0.6 is 15.9 Å². The largest absolute Gasteiger partial charge is 0.379 e. The number of halogens is 3. The van der Waals surface area contributed by atoms with Gasteiger partial charge in [-0.1, -0.05) is 29.8 Å². The van der Waals surface area contributed by atoms with Gasteiger partial charge >= 0.3 is 0 Å². The number of amides is 1. The Hall–Kier alpha value is -1.01. The maximum atomic E-state index is 13.5. The molecule has 0 saturated carbocycles. The number of hydrogen-bond acceptors (Lipinski definition) is 2. The van der Waals surface area contributed by atoms with Gasteiger partial charge in [-0.15, -0.1) is 0 Å². The molecule has 6 heteroatoms. The zero-order valence-corrected chi connectivity index (χ0v) is 12.4. The van der Waals surface area contributed by atoms with Gasteiger partial charge in [-0.05, 0) is 18.1 Å². The van der Waals surface area contributed by atoms with Gasteiger partial charge in [0.2, 0.25) is 0 Å². The molecule has 106 valence electrons. The first-order valence-electron chi connectivity index (χ1n) is 5.92. The molecular weight excluding hydrogens is 320 g/mol. The number of benzene rings is 1. The summed E-state index contributed by atoms with van der Waals surface area (Å²) in [5, 5.41) is 2.41. The molecule has 0 spiro atoms. The van der Waals surface area contributed by atoms with Crippen molar-refractivity contribution >= 4 is 21.8 Å². The molecule has 0 aliphatic heterocycles. The number of hydrogen-bond donors (Lipinski definition) is 1. The van der Waals surface area contributed by atoms with Crippen molar-refractivity contribution in [1.82, 2.24) is 5.32 Å². The van der Waals surface area contributed by atoms with Crippen LogP contribution in [0.15, 0.2) is 16.6 Å². The van der Waals surface area contributed by atoms with Gasteiger partial charge < -0.3 is 10.1 Å². The molecule has 3 nitrogen and oxygen atoms in total. The highest BCUT2D eigenvalue weighted by Crippen LogP contribution is 2.19. The molecule has 1 N–H and O–H groups in total. The molecule has 0 aliphatic rings. The fourth-order valence-corrected chi connectivity index (χ4v) is 1.81. The summed E-state index contributed by atoms with van der Waals surface area (Å²) < 4.78 is 32.5. The lowest BCUT2D eigenvalue weighted by Gasteiger charge is -2.09. The van der Waals surface area contributed by atoms with E-state index in [1.807, 2.05) is 13.8 Å². The van der Waals surface area contributed by atoms with Crippen LogP contribution in [0.5, 0.6) is 0 Å². The van der Waals surface area contributed by atoms with E-state index in [1.165, 1.54) is 0 Å². The van der Waals surface area contributed by atoms with E-state index in [0.29, 0.717) is 19.1 Å². The van der Waals surface area contributed by atoms with Crippen LogP contribution in [0.1, 0.15) is 24.2 Å². The normalized spacial score (nSPS) is 10.8. The molecule has 0 unspecified atom stereocenters. The fraction of sp³-hybridized carbons (Fsp3) is 0.462. The molecular formula is C13H16BrF2NO2. The second-order valence-electron chi connectivity index (χ2n) is 4.47. The Morgan fingerprint density at radius 1 is 1.37 bits per heavy atom. The minimum Gasteiger partial charge on any atom is -0.379 e. The van der Waals surface area contributed by atoms with Crippen molar-refractivity contribution in [2.45, 2.75) is 13.8 Å². The van der Waals surface area contributed by atoms with Gasteiger partial charge in [0.15, 0.2) is 0 Å². The van der Waals surface area contributed by atoms with Gasteiger partial charge in [0.1, 0.15) is 17.2 Å². The lowest BCUT2D eigenvalue weighted by atomic mass is 10.2. The van der Waals surface area contributed by atoms with Crippen molar-refractivity contribution in [1.29, 1.82) is 0 Å². The summed E-state index contributed by atoms with van der Waals surface area (Å²) >= 11 is 2.95. The highest BCUT2D eigenvalue weighted by Gasteiger charge is 2.17. The Bertz CT molecular complexity index is 429. The summed E-state index contributed by atoms with van der Waals surface area (Å²) in [5.41, 5.74) is -0.577. The predicted molar refractivity (Wildman–Crippen MR) is 72.0 cm³/mol. The van der Waals surface area contributed by atoms with Crippen LogP contribution in [-0.2, 0) is 4.74 Å². The van der Waals surface area contributed by atoms with Crippen LogP contribution in [0.3, 0.4) is 0 Å². The Balaban J connectivity index is 2.50. The molecule has 0 bridgehead atoms. The Kier molecular flexibility index (Phi) is 6.37. The Morgan fingerprint density at radius 3 is 2.47 bits per heavy atom. The zero-order chi connectivity index (χ0) is 14.4. The maximum absolute atomic E-state index is 13.5. The monoisotopic (exact) mass is 335 g/mol. The molecule has 0 aliphatic carbocycles. The van der Waals surface area contributed by atoms with Crippen molar-refractivity contribution in [3.8, 4) is 0 Å². The molecule has 0 aromatic heterocycles. The highest BCUT2D eigenvalue weighted by atomic mass is 79.9. The van der Waals surface area contributed by atoms with E-state index in [2.05, 4.69) is 21.2 Å². The summed E-state index contributed by atoms with van der Waals surface area (Å²) in [5.74, 6) is -2.17. The lowest BCUT2D eigenvalue weighted by molar-refractivity contribution is 0.0879. The number of rotatable bonds is 6. The molecule has 1 amide bonds. The standard InChI is InChI=1S/C13H16BrF2NO2/c1-8(2)7-19-4-3-17-13(18)12-10(15)5-9(14)6-11(12)16/h5-6,8H,3-4,7H2,1-2H3,(H,17,18). The second-order valence-corrected chi connectivity index (χ2v) is 5.38. The first-order chi connectivity index (χ1) is 8.91. The number of carbonyl (C=O) groups excluding carboxylic acids is 1. The molecule has 1 aromatic rings. The smallest absolute Gasteiger partial charge is 0.257 e. The molecule has 1 rings (SSSR count). The highest BCUT2D eigenvalue weighted by molar-refractivity contribution is 9.10.